The van der Waals surface area contributed by atoms with E-state index in [1.807, 2.05) is 64.2 Å². The maximum Gasteiger partial charge on any atom is 0.435 e. The summed E-state index contributed by atoms with van der Waals surface area (Å²) in [5, 5.41) is 0. The Labute approximate surface area is 133 Å². The molecule has 1 aliphatic heterocycles. The van der Waals surface area contributed by atoms with Gasteiger partial charge in [0.25, 0.3) is 0 Å². The average molecular weight is 321 g/mol. The first kappa shape index (κ1) is 17.0. The second-order valence-corrected chi connectivity index (χ2v) is 7.17. The Bertz CT molecular complexity index is 600. The fourth-order valence-electron chi connectivity index (χ4n) is 2.73. The van der Waals surface area contributed by atoms with Crippen molar-refractivity contribution in [2.24, 2.45) is 0 Å². The second-order valence-electron chi connectivity index (χ2n) is 5.26. The van der Waals surface area contributed by atoms with Gasteiger partial charge in [-0.1, -0.05) is 36.4 Å². The van der Waals surface area contributed by atoms with Crippen molar-refractivity contribution in [2.45, 2.75) is 33.7 Å². The molecule has 0 fully saturated rings. The fourth-order valence-corrected chi connectivity index (χ4v) is 4.64. The average Bonchev–Trinajstić information content (AvgIpc) is 2.48. The van der Waals surface area contributed by atoms with Crippen LogP contribution in [0.25, 0.3) is 0 Å². The van der Waals surface area contributed by atoms with E-state index >= 15 is 0 Å². The van der Waals surface area contributed by atoms with Crippen LogP contribution in [0.3, 0.4) is 0 Å². The van der Waals surface area contributed by atoms with Gasteiger partial charge in [0.1, 0.15) is 0 Å². The number of nitrogens with zero attached hydrogens (tertiary/aromatic N) is 1. The van der Waals surface area contributed by atoms with Crippen LogP contribution >= 0.6 is 7.75 Å². The van der Waals surface area contributed by atoms with E-state index in [2.05, 4.69) is 6.08 Å². The largest absolute Gasteiger partial charge is 0.435 e. The van der Waals surface area contributed by atoms with E-state index in [0.29, 0.717) is 13.2 Å². The highest BCUT2D eigenvalue weighted by Crippen LogP contribution is 2.58. The predicted molar refractivity (Wildman–Crippen MR) is 89.4 cm³/mol. The van der Waals surface area contributed by atoms with Gasteiger partial charge in [-0.2, -0.15) is 0 Å². The summed E-state index contributed by atoms with van der Waals surface area (Å²) in [6.07, 6.45) is 3.98. The highest BCUT2D eigenvalue weighted by molar-refractivity contribution is 7.51. The molecule has 0 bridgehead atoms. The van der Waals surface area contributed by atoms with E-state index < -0.39 is 7.75 Å². The number of rotatable bonds is 6. The van der Waals surface area contributed by atoms with Gasteiger partial charge in [-0.3, -0.25) is 13.7 Å². The third-order valence-electron chi connectivity index (χ3n) is 3.47. The molecule has 1 unspecified atom stereocenters. The van der Waals surface area contributed by atoms with Gasteiger partial charge in [0.2, 0.25) is 0 Å². The van der Waals surface area contributed by atoms with Gasteiger partial charge >= 0.3 is 7.75 Å². The molecule has 120 valence electrons. The molecule has 1 aromatic rings. The van der Waals surface area contributed by atoms with Crippen LogP contribution in [-0.4, -0.2) is 17.9 Å². The third-order valence-corrected chi connectivity index (χ3v) is 5.55. The van der Waals surface area contributed by atoms with Crippen LogP contribution in [0.15, 0.2) is 53.8 Å². The van der Waals surface area contributed by atoms with E-state index in [1.54, 1.807) is 4.67 Å². The summed E-state index contributed by atoms with van der Waals surface area (Å²) in [6, 6.07) is 9.86. The zero-order valence-electron chi connectivity index (χ0n) is 13.7. The number of hydrogen-bond acceptors (Lipinski definition) is 3. The van der Waals surface area contributed by atoms with Crippen molar-refractivity contribution in [3.8, 4) is 0 Å². The summed E-state index contributed by atoms with van der Waals surface area (Å²) < 4.78 is 26.1. The van der Waals surface area contributed by atoms with E-state index in [0.717, 1.165) is 16.7 Å². The highest BCUT2D eigenvalue weighted by Gasteiger charge is 2.39. The summed E-state index contributed by atoms with van der Waals surface area (Å²) in [5.74, 6) is 0. The molecule has 22 heavy (non-hydrogen) atoms. The number of hydrogen-bond donors (Lipinski definition) is 0. The SMILES string of the molecule is CCOP(=O)(OCC)N1C=C(C)C=C(C)C1c1ccccc1. The van der Waals surface area contributed by atoms with Gasteiger partial charge in [-0.05, 0) is 44.4 Å². The van der Waals surface area contributed by atoms with Gasteiger partial charge in [0, 0.05) is 6.20 Å². The van der Waals surface area contributed by atoms with E-state index in [1.165, 1.54) is 0 Å². The molecule has 1 aliphatic rings. The van der Waals surface area contributed by atoms with Crippen LogP contribution in [0.1, 0.15) is 39.3 Å². The molecule has 0 aromatic heterocycles. The van der Waals surface area contributed by atoms with Crippen molar-refractivity contribution in [1.82, 2.24) is 4.67 Å². The molecule has 0 saturated carbocycles. The molecule has 0 amide bonds. The maximum atomic E-state index is 13.3. The molecule has 0 spiro atoms. The number of benzene rings is 1. The molecule has 0 N–H and O–H groups in total. The molecule has 0 aliphatic carbocycles. The summed E-state index contributed by atoms with van der Waals surface area (Å²) in [4.78, 5) is 0. The minimum Gasteiger partial charge on any atom is -0.292 e. The Hall–Kier alpha value is -1.35. The van der Waals surface area contributed by atoms with Crippen LogP contribution in [0.5, 0.6) is 0 Å². The quantitative estimate of drug-likeness (QED) is 0.685. The van der Waals surface area contributed by atoms with E-state index in [9.17, 15) is 4.57 Å². The summed E-state index contributed by atoms with van der Waals surface area (Å²) in [5.41, 5.74) is 3.22. The first-order valence-electron chi connectivity index (χ1n) is 7.61. The van der Waals surface area contributed by atoms with Crippen molar-refractivity contribution in [2.75, 3.05) is 13.2 Å². The van der Waals surface area contributed by atoms with Gasteiger partial charge < -0.3 is 0 Å². The van der Waals surface area contributed by atoms with Gasteiger partial charge in [0.15, 0.2) is 0 Å². The topological polar surface area (TPSA) is 38.8 Å². The zero-order valence-corrected chi connectivity index (χ0v) is 14.5. The van der Waals surface area contributed by atoms with Crippen LogP contribution in [0.4, 0.5) is 0 Å². The van der Waals surface area contributed by atoms with Gasteiger partial charge in [-0.15, -0.1) is 0 Å². The Balaban J connectivity index is 2.49. The molecule has 4 nitrogen and oxygen atoms in total. The van der Waals surface area contributed by atoms with Crippen molar-refractivity contribution >= 4 is 7.75 Å². The smallest absolute Gasteiger partial charge is 0.292 e. The van der Waals surface area contributed by atoms with Crippen LogP contribution in [0, 0.1) is 0 Å². The Kier molecular flexibility index (Phi) is 5.63. The standard InChI is InChI=1S/C17H24NO3P/c1-5-20-22(19,21-6-2)18-13-14(3)12-15(4)17(18)16-10-8-7-9-11-16/h7-13,17H,5-6H2,1-4H3. The summed E-state index contributed by atoms with van der Waals surface area (Å²) in [6.45, 7) is 8.36. The monoisotopic (exact) mass is 321 g/mol. The van der Waals surface area contributed by atoms with Crippen molar-refractivity contribution in [3.63, 3.8) is 0 Å². The molecule has 5 heteroatoms. The van der Waals surface area contributed by atoms with Gasteiger partial charge in [0.05, 0.1) is 19.3 Å². The zero-order chi connectivity index (χ0) is 16.2. The lowest BCUT2D eigenvalue weighted by Crippen LogP contribution is -2.27. The first-order valence-corrected chi connectivity index (χ1v) is 9.11. The molecule has 2 rings (SSSR count). The molecule has 1 aromatic carbocycles. The first-order chi connectivity index (χ1) is 10.5. The van der Waals surface area contributed by atoms with Crippen LogP contribution in [-0.2, 0) is 13.6 Å². The summed E-state index contributed by atoms with van der Waals surface area (Å²) >= 11 is 0. The minimum atomic E-state index is -3.37. The lowest BCUT2D eigenvalue weighted by molar-refractivity contribution is 0.173. The van der Waals surface area contributed by atoms with Crippen LogP contribution < -0.4 is 0 Å². The Morgan fingerprint density at radius 1 is 1.09 bits per heavy atom. The van der Waals surface area contributed by atoms with E-state index in [-0.39, 0.29) is 6.04 Å². The fraction of sp³-hybridized carbons (Fsp3) is 0.412. The number of allylic oxidation sites excluding steroid dienone is 2. The Morgan fingerprint density at radius 3 is 2.23 bits per heavy atom. The molecular formula is C17H24NO3P. The highest BCUT2D eigenvalue weighted by atomic mass is 31.2. The van der Waals surface area contributed by atoms with Crippen molar-refractivity contribution in [1.29, 1.82) is 0 Å². The summed E-state index contributed by atoms with van der Waals surface area (Å²) in [7, 11) is -3.37. The van der Waals surface area contributed by atoms with E-state index in [4.69, 9.17) is 9.05 Å². The minimum absolute atomic E-state index is 0.145. The molecule has 0 saturated heterocycles. The normalized spacial score (nSPS) is 18.9. The maximum absolute atomic E-state index is 13.3. The Morgan fingerprint density at radius 2 is 1.68 bits per heavy atom. The van der Waals surface area contributed by atoms with Gasteiger partial charge in [-0.25, -0.2) is 4.57 Å². The molecular weight excluding hydrogens is 297 g/mol. The lowest BCUT2D eigenvalue weighted by Gasteiger charge is -2.38. The van der Waals surface area contributed by atoms with Crippen LogP contribution in [0.2, 0.25) is 0 Å². The lowest BCUT2D eigenvalue weighted by atomic mass is 9.96. The third kappa shape index (κ3) is 3.52. The molecule has 0 radical (unpaired) electrons. The molecule has 1 atom stereocenters. The van der Waals surface area contributed by atoms with Crippen molar-refractivity contribution in [3.05, 3.63) is 59.3 Å². The second kappa shape index (κ2) is 7.28. The predicted octanol–water partition coefficient (Wildman–Crippen LogP) is 5.07. The molecule has 1 heterocycles. The van der Waals surface area contributed by atoms with Crippen molar-refractivity contribution < 1.29 is 13.6 Å².